The van der Waals surface area contributed by atoms with Crippen molar-refractivity contribution in [3.63, 3.8) is 0 Å². The molecule has 0 aliphatic rings. The van der Waals surface area contributed by atoms with Crippen molar-refractivity contribution < 1.29 is 80.2 Å². The molecule has 0 saturated carbocycles. The SMILES string of the molecule is Nc1ccc(C(=O)O)cc1.[Cs+].[H-]. The van der Waals surface area contributed by atoms with Crippen molar-refractivity contribution in [3.05, 3.63) is 29.8 Å². The molecule has 0 aromatic heterocycles. The molecule has 3 N–H and O–H groups in total. The van der Waals surface area contributed by atoms with Gasteiger partial charge in [0.2, 0.25) is 0 Å². The van der Waals surface area contributed by atoms with Crippen molar-refractivity contribution >= 4 is 11.7 Å². The third-order valence-electron chi connectivity index (χ3n) is 1.16. The van der Waals surface area contributed by atoms with Gasteiger partial charge in [-0.15, -0.1) is 0 Å². The molecule has 0 aliphatic carbocycles. The van der Waals surface area contributed by atoms with Gasteiger partial charge in [0.15, 0.2) is 0 Å². The number of nitrogens with two attached hydrogens (primary N) is 1. The minimum Gasteiger partial charge on any atom is -1.00 e. The molecule has 0 saturated heterocycles. The summed E-state index contributed by atoms with van der Waals surface area (Å²) in [7, 11) is 0. The molecule has 0 amide bonds. The smallest absolute Gasteiger partial charge is 1.00 e. The van der Waals surface area contributed by atoms with E-state index in [2.05, 4.69) is 0 Å². The Labute approximate surface area is 125 Å². The van der Waals surface area contributed by atoms with Gasteiger partial charge in [-0.2, -0.15) is 0 Å². The van der Waals surface area contributed by atoms with E-state index in [-0.39, 0.29) is 75.9 Å². The average Bonchev–Trinajstić information content (AvgIpc) is 1.88. The first-order valence-corrected chi connectivity index (χ1v) is 2.79. The zero-order valence-electron chi connectivity index (χ0n) is 7.24. The summed E-state index contributed by atoms with van der Waals surface area (Å²) in [4.78, 5) is 10.3. The van der Waals surface area contributed by atoms with Crippen LogP contribution in [0.3, 0.4) is 0 Å². The van der Waals surface area contributed by atoms with Gasteiger partial charge in [-0.3, -0.25) is 0 Å². The van der Waals surface area contributed by atoms with E-state index in [4.69, 9.17) is 10.8 Å². The van der Waals surface area contributed by atoms with Crippen LogP contribution in [0.25, 0.3) is 0 Å². The molecular formula is C7H8CsNO2. The fourth-order valence-corrected chi connectivity index (χ4v) is 0.626. The number of rotatable bonds is 1. The van der Waals surface area contributed by atoms with Gasteiger partial charge in [-0.25, -0.2) is 4.79 Å². The molecule has 0 heterocycles. The first-order valence-electron chi connectivity index (χ1n) is 2.79. The Balaban J connectivity index is 0. The Bertz CT molecular complexity index is 250. The van der Waals surface area contributed by atoms with Crippen LogP contribution < -0.4 is 74.6 Å². The van der Waals surface area contributed by atoms with Gasteiger partial charge >= 0.3 is 74.9 Å². The molecule has 0 bridgehead atoms. The van der Waals surface area contributed by atoms with Crippen LogP contribution in [0, 0.1) is 0 Å². The zero-order chi connectivity index (χ0) is 7.56. The Morgan fingerprint density at radius 1 is 1.36 bits per heavy atom. The third kappa shape index (κ3) is 3.64. The van der Waals surface area contributed by atoms with E-state index < -0.39 is 5.97 Å². The van der Waals surface area contributed by atoms with Crippen LogP contribution in [0.5, 0.6) is 0 Å². The minimum absolute atomic E-state index is 0. The summed E-state index contributed by atoms with van der Waals surface area (Å²) in [5, 5.41) is 8.43. The van der Waals surface area contributed by atoms with Gasteiger partial charge in [0.1, 0.15) is 0 Å². The summed E-state index contributed by atoms with van der Waals surface area (Å²) in [6.45, 7) is 0. The predicted octanol–water partition coefficient (Wildman–Crippen LogP) is -1.92. The van der Waals surface area contributed by atoms with Gasteiger partial charge in [0.05, 0.1) is 5.56 Å². The van der Waals surface area contributed by atoms with Crippen molar-refractivity contribution in [2.75, 3.05) is 5.73 Å². The second-order valence-corrected chi connectivity index (χ2v) is 1.93. The van der Waals surface area contributed by atoms with Crippen molar-refractivity contribution in [1.82, 2.24) is 0 Å². The van der Waals surface area contributed by atoms with Crippen molar-refractivity contribution in [3.8, 4) is 0 Å². The maximum absolute atomic E-state index is 10.3. The van der Waals surface area contributed by atoms with Crippen molar-refractivity contribution in [2.24, 2.45) is 0 Å². The van der Waals surface area contributed by atoms with E-state index in [9.17, 15) is 4.79 Å². The normalized spacial score (nSPS) is 8.36. The monoisotopic (exact) mass is 271 g/mol. The number of nitrogen functional groups attached to an aromatic ring is 1. The Morgan fingerprint density at radius 3 is 2.18 bits per heavy atom. The molecule has 0 radical (unpaired) electrons. The Kier molecular flexibility index (Phi) is 5.49. The number of carboxylic acids is 1. The first kappa shape index (κ1) is 11.5. The molecule has 1 aromatic rings. The molecule has 0 aliphatic heterocycles. The van der Waals surface area contributed by atoms with E-state index in [0.29, 0.717) is 5.69 Å². The van der Waals surface area contributed by atoms with Gasteiger partial charge in [0.25, 0.3) is 0 Å². The molecule has 11 heavy (non-hydrogen) atoms. The summed E-state index contributed by atoms with van der Waals surface area (Å²) < 4.78 is 0. The third-order valence-corrected chi connectivity index (χ3v) is 1.16. The fourth-order valence-electron chi connectivity index (χ4n) is 0.626. The Hall–Kier alpha value is 0.542. The van der Waals surface area contributed by atoms with Crippen molar-refractivity contribution in [1.29, 1.82) is 0 Å². The fraction of sp³-hybridized carbons (Fsp3) is 0. The summed E-state index contributed by atoms with van der Waals surface area (Å²) in [5.74, 6) is -0.931. The number of carboxylic acid groups (broad SMARTS) is 1. The summed E-state index contributed by atoms with van der Waals surface area (Å²) in [6.07, 6.45) is 0. The van der Waals surface area contributed by atoms with E-state index in [1.807, 2.05) is 0 Å². The number of hydrogen-bond donors (Lipinski definition) is 2. The number of aromatic carboxylic acids is 1. The molecule has 3 nitrogen and oxygen atoms in total. The zero-order valence-corrected chi connectivity index (χ0v) is 12.5. The summed E-state index contributed by atoms with van der Waals surface area (Å²) in [5.41, 5.74) is 6.17. The van der Waals surface area contributed by atoms with Crippen LogP contribution >= 0.6 is 0 Å². The predicted molar refractivity (Wildman–Crippen MR) is 38.9 cm³/mol. The van der Waals surface area contributed by atoms with E-state index >= 15 is 0 Å². The van der Waals surface area contributed by atoms with Crippen LogP contribution in [-0.4, -0.2) is 11.1 Å². The summed E-state index contributed by atoms with van der Waals surface area (Å²) >= 11 is 0. The second kappa shape index (κ2) is 5.23. The second-order valence-electron chi connectivity index (χ2n) is 1.93. The largest absolute Gasteiger partial charge is 1.00 e. The molecule has 0 unspecified atom stereocenters. The van der Waals surface area contributed by atoms with Crippen LogP contribution in [0.4, 0.5) is 5.69 Å². The van der Waals surface area contributed by atoms with Crippen LogP contribution in [-0.2, 0) is 0 Å². The van der Waals surface area contributed by atoms with Gasteiger partial charge < -0.3 is 12.3 Å². The first-order chi connectivity index (χ1) is 4.70. The topological polar surface area (TPSA) is 63.3 Å². The standard InChI is InChI=1S/C7H7NO2.Cs.H/c8-6-3-1-5(2-4-6)7(9)10;;/h1-4H,8H2,(H,9,10);;/q;+1;-1. The van der Waals surface area contributed by atoms with Crippen LogP contribution in [0.1, 0.15) is 11.8 Å². The van der Waals surface area contributed by atoms with Crippen LogP contribution in [0.2, 0.25) is 0 Å². The van der Waals surface area contributed by atoms with Gasteiger partial charge in [-0.1, -0.05) is 0 Å². The molecular weight excluding hydrogens is 263 g/mol. The molecule has 4 heteroatoms. The average molecular weight is 271 g/mol. The molecule has 54 valence electrons. The number of carbonyl (C=O) groups is 1. The minimum atomic E-state index is -0.931. The molecule has 1 aromatic carbocycles. The van der Waals surface area contributed by atoms with Gasteiger partial charge in [-0.05, 0) is 24.3 Å². The van der Waals surface area contributed by atoms with Gasteiger partial charge in [0, 0.05) is 5.69 Å². The molecule has 1 rings (SSSR count). The Morgan fingerprint density at radius 2 is 1.82 bits per heavy atom. The van der Waals surface area contributed by atoms with Crippen molar-refractivity contribution in [2.45, 2.75) is 0 Å². The number of hydrogen-bond acceptors (Lipinski definition) is 2. The van der Waals surface area contributed by atoms with E-state index in [1.165, 1.54) is 12.1 Å². The molecule has 0 spiro atoms. The quantitative estimate of drug-likeness (QED) is 0.585. The maximum Gasteiger partial charge on any atom is 1.00 e. The van der Waals surface area contributed by atoms with E-state index in [1.54, 1.807) is 12.1 Å². The number of benzene rings is 1. The van der Waals surface area contributed by atoms with E-state index in [0.717, 1.165) is 0 Å². The summed E-state index contributed by atoms with van der Waals surface area (Å²) in [6, 6.07) is 6.06. The number of anilines is 1. The molecule has 0 fully saturated rings. The molecule has 0 atom stereocenters. The van der Waals surface area contributed by atoms with Crippen LogP contribution in [0.15, 0.2) is 24.3 Å². The maximum atomic E-state index is 10.3.